The molecule has 1 heterocycles. The summed E-state index contributed by atoms with van der Waals surface area (Å²) in [7, 11) is 1.57. The molecule has 1 N–H and O–H groups in total. The zero-order valence-corrected chi connectivity index (χ0v) is 14.1. The van der Waals surface area contributed by atoms with Gasteiger partial charge in [0, 0.05) is 42.4 Å². The number of aliphatic hydroxyl groups is 1. The van der Waals surface area contributed by atoms with E-state index >= 15 is 0 Å². The zero-order chi connectivity index (χ0) is 17.6. The first-order valence-electron chi connectivity index (χ1n) is 8.67. The smallest absolute Gasteiger partial charge is 0.163 e. The van der Waals surface area contributed by atoms with Gasteiger partial charge < -0.3 is 14.6 Å². The average Bonchev–Trinajstić information content (AvgIpc) is 2.60. The Morgan fingerprint density at radius 2 is 1.76 bits per heavy atom. The molecule has 0 bridgehead atoms. The first-order chi connectivity index (χ1) is 12.1. The number of ether oxygens (including phenoxy) is 2. The summed E-state index contributed by atoms with van der Waals surface area (Å²) < 4.78 is 11.3. The molecule has 0 aromatic heterocycles. The Labute approximate surface area is 145 Å². The van der Waals surface area contributed by atoms with Gasteiger partial charge in [0.2, 0.25) is 0 Å². The monoisotopic (exact) mass is 340 g/mol. The zero-order valence-electron chi connectivity index (χ0n) is 14.1. The van der Waals surface area contributed by atoms with Gasteiger partial charge in [-0.15, -0.1) is 0 Å². The van der Waals surface area contributed by atoms with Crippen molar-refractivity contribution in [2.24, 2.45) is 0 Å². The maximum atomic E-state index is 12.7. The first kappa shape index (κ1) is 15.9. The maximum absolute atomic E-state index is 12.7. The van der Waals surface area contributed by atoms with Gasteiger partial charge in [0.1, 0.15) is 17.3 Å². The van der Waals surface area contributed by atoms with Crippen LogP contribution in [0.4, 0.5) is 0 Å². The molecule has 1 aliphatic heterocycles. The van der Waals surface area contributed by atoms with E-state index in [2.05, 4.69) is 0 Å². The Morgan fingerprint density at radius 3 is 2.48 bits per heavy atom. The molecule has 0 saturated heterocycles. The van der Waals surface area contributed by atoms with Crippen LogP contribution in [0.2, 0.25) is 0 Å². The predicted octanol–water partition coefficient (Wildman–Crippen LogP) is 3.74. The molecule has 0 fully saturated rings. The number of methoxy groups -OCH3 is 1. The van der Waals surface area contributed by atoms with Gasteiger partial charge in [0.25, 0.3) is 0 Å². The SMILES string of the molecule is COc1ccc2c(c1)C(C1=C(O)CCCC1=O)C1=C(CCCC1=O)O2. The summed E-state index contributed by atoms with van der Waals surface area (Å²) in [5, 5.41) is 10.5. The van der Waals surface area contributed by atoms with Gasteiger partial charge in [-0.25, -0.2) is 0 Å². The van der Waals surface area contributed by atoms with E-state index in [4.69, 9.17) is 9.47 Å². The quantitative estimate of drug-likeness (QED) is 0.888. The third-order valence-corrected chi connectivity index (χ3v) is 5.18. The number of allylic oxidation sites excluding steroid dienone is 4. The van der Waals surface area contributed by atoms with E-state index in [1.54, 1.807) is 25.3 Å². The second-order valence-electron chi connectivity index (χ2n) is 6.69. The molecule has 5 nitrogen and oxygen atoms in total. The Kier molecular flexibility index (Phi) is 3.86. The first-order valence-corrected chi connectivity index (χ1v) is 8.67. The molecular weight excluding hydrogens is 320 g/mol. The van der Waals surface area contributed by atoms with Gasteiger partial charge in [-0.2, -0.15) is 0 Å². The van der Waals surface area contributed by atoms with Crippen molar-refractivity contribution >= 4 is 11.6 Å². The van der Waals surface area contributed by atoms with E-state index in [-0.39, 0.29) is 17.3 Å². The van der Waals surface area contributed by atoms with Crippen LogP contribution in [0.25, 0.3) is 0 Å². The lowest BCUT2D eigenvalue weighted by molar-refractivity contribution is -0.117. The van der Waals surface area contributed by atoms with Crippen molar-refractivity contribution in [2.45, 2.75) is 44.4 Å². The number of ketones is 2. The third kappa shape index (κ3) is 2.54. The normalized spacial score (nSPS) is 23.2. The molecule has 0 saturated carbocycles. The van der Waals surface area contributed by atoms with Crippen LogP contribution in [-0.4, -0.2) is 23.8 Å². The Balaban J connectivity index is 1.96. The van der Waals surface area contributed by atoms with Gasteiger partial charge in [0.15, 0.2) is 11.6 Å². The molecule has 3 aliphatic rings. The highest BCUT2D eigenvalue weighted by Gasteiger charge is 2.41. The summed E-state index contributed by atoms with van der Waals surface area (Å²) in [6.07, 6.45) is 3.37. The van der Waals surface area contributed by atoms with Gasteiger partial charge in [-0.05, 0) is 31.0 Å². The van der Waals surface area contributed by atoms with Gasteiger partial charge in [-0.1, -0.05) is 0 Å². The van der Waals surface area contributed by atoms with Gasteiger partial charge in [-0.3, -0.25) is 9.59 Å². The number of Topliss-reactive ketones (excluding diaryl/α,β-unsaturated/α-hetero) is 2. The highest BCUT2D eigenvalue weighted by Crippen LogP contribution is 2.49. The number of hydrogen-bond acceptors (Lipinski definition) is 5. The molecule has 4 rings (SSSR count). The average molecular weight is 340 g/mol. The Hall–Kier alpha value is -2.56. The van der Waals surface area contributed by atoms with Crippen molar-refractivity contribution < 1.29 is 24.2 Å². The minimum absolute atomic E-state index is 0.00149. The molecule has 1 aromatic rings. The molecule has 5 heteroatoms. The van der Waals surface area contributed by atoms with Crippen LogP contribution >= 0.6 is 0 Å². The summed E-state index contributed by atoms with van der Waals surface area (Å²) in [5.74, 6) is 1.34. The van der Waals surface area contributed by atoms with E-state index in [0.717, 1.165) is 6.42 Å². The molecule has 1 aromatic carbocycles. The van der Waals surface area contributed by atoms with E-state index in [9.17, 15) is 14.7 Å². The minimum atomic E-state index is -0.561. The number of carbonyl (C=O) groups excluding carboxylic acids is 2. The number of fused-ring (bicyclic) bond motifs is 1. The molecule has 25 heavy (non-hydrogen) atoms. The topological polar surface area (TPSA) is 72.8 Å². The number of carbonyl (C=O) groups is 2. The van der Waals surface area contributed by atoms with Crippen LogP contribution < -0.4 is 9.47 Å². The highest BCUT2D eigenvalue weighted by molar-refractivity contribution is 6.05. The van der Waals surface area contributed by atoms with E-state index in [1.807, 2.05) is 0 Å². The van der Waals surface area contributed by atoms with Crippen LogP contribution in [0, 0.1) is 0 Å². The fourth-order valence-electron chi connectivity index (χ4n) is 4.00. The summed E-state index contributed by atoms with van der Waals surface area (Å²) in [5.41, 5.74) is 1.60. The van der Waals surface area contributed by atoms with Crippen molar-refractivity contribution in [3.05, 3.63) is 46.4 Å². The second-order valence-corrected chi connectivity index (χ2v) is 6.69. The van der Waals surface area contributed by atoms with Crippen LogP contribution in [-0.2, 0) is 9.59 Å². The molecule has 0 amide bonds. The van der Waals surface area contributed by atoms with Crippen molar-refractivity contribution in [3.8, 4) is 11.5 Å². The van der Waals surface area contributed by atoms with Crippen molar-refractivity contribution in [1.29, 1.82) is 0 Å². The fourth-order valence-corrected chi connectivity index (χ4v) is 4.00. The van der Waals surface area contributed by atoms with Crippen LogP contribution in [0.15, 0.2) is 40.9 Å². The number of hydrogen-bond donors (Lipinski definition) is 1. The molecule has 1 atom stereocenters. The molecule has 0 radical (unpaired) electrons. The molecule has 130 valence electrons. The summed E-state index contributed by atoms with van der Waals surface area (Å²) >= 11 is 0. The Bertz CT molecular complexity index is 830. The molecular formula is C20H20O5. The highest BCUT2D eigenvalue weighted by atomic mass is 16.5. The summed E-state index contributed by atoms with van der Waals surface area (Å²) in [4.78, 5) is 25.3. The third-order valence-electron chi connectivity index (χ3n) is 5.18. The number of rotatable bonds is 2. The lowest BCUT2D eigenvalue weighted by atomic mass is 9.73. The van der Waals surface area contributed by atoms with E-state index in [1.165, 1.54) is 0 Å². The lowest BCUT2D eigenvalue weighted by Gasteiger charge is -2.34. The summed E-state index contributed by atoms with van der Waals surface area (Å²) in [6.45, 7) is 0. The van der Waals surface area contributed by atoms with Crippen LogP contribution in [0.3, 0.4) is 0 Å². The number of benzene rings is 1. The van der Waals surface area contributed by atoms with Crippen molar-refractivity contribution in [3.63, 3.8) is 0 Å². The maximum Gasteiger partial charge on any atom is 0.163 e. The Morgan fingerprint density at radius 1 is 1.04 bits per heavy atom. The fraction of sp³-hybridized carbons (Fsp3) is 0.400. The summed E-state index contributed by atoms with van der Waals surface area (Å²) in [6, 6.07) is 5.39. The largest absolute Gasteiger partial charge is 0.512 e. The van der Waals surface area contributed by atoms with Gasteiger partial charge >= 0.3 is 0 Å². The number of aliphatic hydroxyl groups excluding tert-OH is 1. The lowest BCUT2D eigenvalue weighted by Crippen LogP contribution is -2.29. The van der Waals surface area contributed by atoms with Gasteiger partial charge in [0.05, 0.1) is 18.8 Å². The van der Waals surface area contributed by atoms with Crippen LogP contribution in [0.5, 0.6) is 11.5 Å². The van der Waals surface area contributed by atoms with Crippen LogP contribution in [0.1, 0.15) is 50.0 Å². The minimum Gasteiger partial charge on any atom is -0.512 e. The molecule has 0 spiro atoms. The second kappa shape index (κ2) is 6.06. The van der Waals surface area contributed by atoms with E-state index < -0.39 is 5.92 Å². The molecule has 1 unspecified atom stereocenters. The molecule has 2 aliphatic carbocycles. The predicted molar refractivity (Wildman–Crippen MR) is 90.8 cm³/mol. The van der Waals surface area contributed by atoms with Crippen molar-refractivity contribution in [2.75, 3.05) is 7.11 Å². The van der Waals surface area contributed by atoms with E-state index in [0.29, 0.717) is 66.1 Å². The van der Waals surface area contributed by atoms with Crippen molar-refractivity contribution in [1.82, 2.24) is 0 Å². The standard InChI is InChI=1S/C20H20O5/c1-24-11-8-9-16-12(10-11)18(19-13(21)4-2-5-14(19)22)20-15(23)6-3-7-17(20)25-16/h8-10,18,21H,2-7H2,1H3.